The predicted octanol–water partition coefficient (Wildman–Crippen LogP) is 0.176. The molecule has 0 aliphatic carbocycles. The average molecular weight is 623 g/mol. The number of carbonyl (C=O) groups is 3. The fourth-order valence-corrected chi connectivity index (χ4v) is 4.66. The highest BCUT2D eigenvalue weighted by Crippen LogP contribution is 2.38. The van der Waals surface area contributed by atoms with Crippen LogP contribution in [0.3, 0.4) is 0 Å². The molecule has 0 aromatic carbocycles. The van der Waals surface area contributed by atoms with Crippen LogP contribution in [0.5, 0.6) is 0 Å². The average Bonchev–Trinajstić information content (AvgIpc) is 3.23. The van der Waals surface area contributed by atoms with Gasteiger partial charge in [0.05, 0.1) is 19.1 Å². The van der Waals surface area contributed by atoms with Gasteiger partial charge in [-0.15, -0.1) is 0 Å². The number of aliphatic hydroxyl groups is 5. The molecule has 0 amide bonds. The van der Waals surface area contributed by atoms with Crippen LogP contribution in [0.4, 0.5) is 0 Å². The summed E-state index contributed by atoms with van der Waals surface area (Å²) >= 11 is 0. The Morgan fingerprint density at radius 1 is 0.767 bits per heavy atom. The summed E-state index contributed by atoms with van der Waals surface area (Å²) in [5, 5.41) is 51.2. The summed E-state index contributed by atoms with van der Waals surface area (Å²) in [6.07, 6.45) is -11.0. The van der Waals surface area contributed by atoms with Gasteiger partial charge in [-0.25, -0.2) is 0 Å². The summed E-state index contributed by atoms with van der Waals surface area (Å²) in [5.41, 5.74) is 0. The van der Waals surface area contributed by atoms with Gasteiger partial charge in [-0.2, -0.15) is 0 Å². The van der Waals surface area contributed by atoms with E-state index >= 15 is 0 Å². The van der Waals surface area contributed by atoms with Crippen LogP contribution < -0.4 is 0 Å². The van der Waals surface area contributed by atoms with E-state index in [2.05, 4.69) is 0 Å². The fourth-order valence-electron chi connectivity index (χ4n) is 4.66. The van der Waals surface area contributed by atoms with Crippen molar-refractivity contribution < 1.29 is 68.3 Å². The molecule has 0 bridgehead atoms. The van der Waals surface area contributed by atoms with Crippen molar-refractivity contribution in [1.29, 1.82) is 0 Å². The van der Waals surface area contributed by atoms with Crippen LogP contribution in [0, 0.1) is 17.8 Å². The summed E-state index contributed by atoms with van der Waals surface area (Å²) in [6, 6.07) is 0. The Balaban J connectivity index is 2.59. The van der Waals surface area contributed by atoms with E-state index in [4.69, 9.17) is 28.4 Å². The number of esters is 3. The van der Waals surface area contributed by atoms with E-state index < -0.39 is 98.5 Å². The van der Waals surface area contributed by atoms with Gasteiger partial charge in [0, 0.05) is 12.8 Å². The highest BCUT2D eigenvalue weighted by Gasteiger charge is 2.60. The zero-order chi connectivity index (χ0) is 32.5. The van der Waals surface area contributed by atoms with Crippen molar-refractivity contribution in [3.05, 3.63) is 0 Å². The minimum absolute atomic E-state index is 0.0183. The molecule has 12 atom stereocenters. The maximum Gasteiger partial charge on any atom is 0.309 e. The molecule has 2 aliphatic rings. The molecule has 0 radical (unpaired) electrons. The Kier molecular flexibility index (Phi) is 14.7. The highest BCUT2D eigenvalue weighted by atomic mass is 16.8. The summed E-state index contributed by atoms with van der Waals surface area (Å²) in [5.74, 6) is -5.19. The molecular formula is C29H50O14. The summed E-state index contributed by atoms with van der Waals surface area (Å²) < 4.78 is 34.5. The van der Waals surface area contributed by atoms with Gasteiger partial charge in [0.1, 0.15) is 31.0 Å². The highest BCUT2D eigenvalue weighted by molar-refractivity contribution is 5.73. The minimum Gasteiger partial charge on any atom is -0.455 e. The van der Waals surface area contributed by atoms with E-state index in [1.54, 1.807) is 13.8 Å². The van der Waals surface area contributed by atoms with Gasteiger partial charge < -0.3 is 54.0 Å². The van der Waals surface area contributed by atoms with E-state index in [1.807, 2.05) is 27.7 Å². The number of hydrogen-bond acceptors (Lipinski definition) is 14. The molecule has 2 saturated heterocycles. The van der Waals surface area contributed by atoms with Gasteiger partial charge in [-0.1, -0.05) is 54.4 Å². The maximum absolute atomic E-state index is 13.1. The molecule has 14 nitrogen and oxygen atoms in total. The molecule has 0 spiro atoms. The van der Waals surface area contributed by atoms with E-state index in [9.17, 15) is 39.9 Å². The Bertz CT molecular complexity index is 900. The van der Waals surface area contributed by atoms with Gasteiger partial charge in [0.2, 0.25) is 12.1 Å². The second-order valence-electron chi connectivity index (χ2n) is 11.6. The van der Waals surface area contributed by atoms with E-state index in [1.165, 1.54) is 0 Å². The van der Waals surface area contributed by atoms with Crippen LogP contribution >= 0.6 is 0 Å². The summed E-state index contributed by atoms with van der Waals surface area (Å²) in [7, 11) is 0. The summed E-state index contributed by atoms with van der Waals surface area (Å²) in [4.78, 5) is 39.1. The normalized spacial score (nSPS) is 34.7. The Hall–Kier alpha value is -1.91. The number of ether oxygens (including phenoxy) is 6. The standard InChI is InChI=1S/C29H50O14/c1-7-15(4)10-20(33)39-24-23(41-27(37)17(6)9-3)19(13-31)38-28(25(24)40-21(34)11-16(5)8-2)43-29(14-32)26(36)22(35)18(12-30)42-29/h15-19,22-26,28,30-32,35-36H,7-14H2,1-6H3/t15?,16?,17?,18-,19-,22-,23-,24+,25-,26+,28-,29+/m1/s1. The number of rotatable bonds is 16. The second kappa shape index (κ2) is 17.0. The van der Waals surface area contributed by atoms with Crippen LogP contribution in [0.15, 0.2) is 0 Å². The number of carbonyl (C=O) groups excluding carboxylic acids is 3. The van der Waals surface area contributed by atoms with Crippen LogP contribution in [0.25, 0.3) is 0 Å². The second-order valence-corrected chi connectivity index (χ2v) is 11.6. The van der Waals surface area contributed by atoms with Crippen molar-refractivity contribution in [1.82, 2.24) is 0 Å². The molecular weight excluding hydrogens is 572 g/mol. The predicted molar refractivity (Wildman–Crippen MR) is 148 cm³/mol. The fraction of sp³-hybridized carbons (Fsp3) is 0.897. The zero-order valence-electron chi connectivity index (χ0n) is 25.9. The Morgan fingerprint density at radius 2 is 1.30 bits per heavy atom. The molecule has 0 aromatic rings. The van der Waals surface area contributed by atoms with E-state index in [0.717, 1.165) is 0 Å². The van der Waals surface area contributed by atoms with Gasteiger partial charge in [-0.05, 0) is 18.3 Å². The first-order valence-electron chi connectivity index (χ1n) is 15.1. The maximum atomic E-state index is 13.1. The van der Waals surface area contributed by atoms with E-state index in [-0.39, 0.29) is 24.7 Å². The lowest BCUT2D eigenvalue weighted by Gasteiger charge is -2.46. The molecule has 0 aromatic heterocycles. The van der Waals surface area contributed by atoms with Gasteiger partial charge >= 0.3 is 17.9 Å². The third kappa shape index (κ3) is 9.30. The van der Waals surface area contributed by atoms with Crippen molar-refractivity contribution in [2.24, 2.45) is 17.8 Å². The molecule has 250 valence electrons. The monoisotopic (exact) mass is 622 g/mol. The third-order valence-electron chi connectivity index (χ3n) is 8.22. The smallest absolute Gasteiger partial charge is 0.309 e. The van der Waals surface area contributed by atoms with Crippen LogP contribution in [0.2, 0.25) is 0 Å². The van der Waals surface area contributed by atoms with Gasteiger partial charge in [0.25, 0.3) is 0 Å². The molecule has 3 unspecified atom stereocenters. The van der Waals surface area contributed by atoms with Crippen molar-refractivity contribution in [3.63, 3.8) is 0 Å². The number of aliphatic hydroxyl groups excluding tert-OH is 5. The summed E-state index contributed by atoms with van der Waals surface area (Å²) in [6.45, 7) is 8.32. The van der Waals surface area contributed by atoms with Gasteiger partial charge in [-0.3, -0.25) is 14.4 Å². The number of hydrogen-bond donors (Lipinski definition) is 5. The van der Waals surface area contributed by atoms with Crippen molar-refractivity contribution >= 4 is 17.9 Å². The first-order chi connectivity index (χ1) is 20.3. The zero-order valence-corrected chi connectivity index (χ0v) is 25.9. The molecule has 2 fully saturated rings. The molecule has 14 heteroatoms. The molecule has 2 heterocycles. The van der Waals surface area contributed by atoms with Crippen molar-refractivity contribution in [2.75, 3.05) is 19.8 Å². The first-order valence-corrected chi connectivity index (χ1v) is 15.1. The molecule has 43 heavy (non-hydrogen) atoms. The van der Waals surface area contributed by atoms with Crippen molar-refractivity contribution in [3.8, 4) is 0 Å². The largest absolute Gasteiger partial charge is 0.455 e. The van der Waals surface area contributed by atoms with E-state index in [0.29, 0.717) is 19.3 Å². The van der Waals surface area contributed by atoms with Gasteiger partial charge in [0.15, 0.2) is 18.3 Å². The SMILES string of the molecule is CCC(C)CC(=O)O[C@@H]1[C@@H](OC(=O)CC(C)CC)[C@@H](O[C@]2(CO)O[C@H](CO)[C@@H](O)[C@@H]2O)O[C@H](CO)[C@H]1OC(=O)C(C)CC. The molecule has 2 rings (SSSR count). The quantitative estimate of drug-likeness (QED) is 0.115. The van der Waals surface area contributed by atoms with Crippen molar-refractivity contribution in [2.45, 2.75) is 128 Å². The van der Waals surface area contributed by atoms with Crippen LogP contribution in [-0.4, -0.2) is 118 Å². The molecule has 2 aliphatic heterocycles. The van der Waals surface area contributed by atoms with Crippen LogP contribution in [0.1, 0.15) is 73.6 Å². The first kappa shape index (κ1) is 37.3. The minimum atomic E-state index is -2.37. The topological polar surface area (TPSA) is 208 Å². The Labute approximate surface area is 252 Å². The van der Waals surface area contributed by atoms with Crippen LogP contribution in [-0.2, 0) is 42.8 Å². The lowest BCUT2D eigenvalue weighted by atomic mass is 9.96. The lowest BCUT2D eigenvalue weighted by molar-refractivity contribution is -0.384. The molecule has 0 saturated carbocycles. The third-order valence-corrected chi connectivity index (χ3v) is 8.22. The lowest BCUT2D eigenvalue weighted by Crippen LogP contribution is -2.65. The molecule has 5 N–H and O–H groups in total. The Morgan fingerprint density at radius 3 is 1.74 bits per heavy atom.